The van der Waals surface area contributed by atoms with E-state index in [4.69, 9.17) is 21.1 Å². The molecule has 0 aliphatic rings. The zero-order valence-corrected chi connectivity index (χ0v) is 18.8. The molecule has 0 radical (unpaired) electrons. The molecule has 3 rings (SSSR count). The second-order valence-corrected chi connectivity index (χ2v) is 8.57. The smallest absolute Gasteiger partial charge is 0.234 e. The second-order valence-electron chi connectivity index (χ2n) is 6.27. The minimum atomic E-state index is -0.200. The fraction of sp³-hybridized carbons (Fsp3) is 0.316. The SMILES string of the molecule is COc1cc(NC(=O)CSc2nnc(-c3cccs3)n2C(C)C)c(OC)cc1Cl. The third-order valence-electron chi connectivity index (χ3n) is 4.00. The fourth-order valence-electron chi connectivity index (χ4n) is 2.69. The third kappa shape index (κ3) is 4.85. The van der Waals surface area contributed by atoms with Crippen molar-refractivity contribution < 1.29 is 14.3 Å². The molecule has 0 aliphatic carbocycles. The summed E-state index contributed by atoms with van der Waals surface area (Å²) in [6.07, 6.45) is 0. The monoisotopic (exact) mass is 452 g/mol. The molecule has 1 amide bonds. The van der Waals surface area contributed by atoms with E-state index in [0.717, 1.165) is 10.7 Å². The Labute approximate surface area is 182 Å². The lowest BCUT2D eigenvalue weighted by atomic mass is 10.2. The first-order valence-electron chi connectivity index (χ1n) is 8.77. The molecule has 0 unspecified atom stereocenters. The van der Waals surface area contributed by atoms with Gasteiger partial charge in [-0.2, -0.15) is 0 Å². The predicted octanol–water partition coefficient (Wildman–Crippen LogP) is 4.99. The Kier molecular flexibility index (Phi) is 7.05. The maximum absolute atomic E-state index is 12.5. The maximum atomic E-state index is 12.5. The van der Waals surface area contributed by atoms with E-state index in [9.17, 15) is 4.79 Å². The fourth-order valence-corrected chi connectivity index (χ4v) is 4.49. The number of benzene rings is 1. The molecule has 29 heavy (non-hydrogen) atoms. The summed E-state index contributed by atoms with van der Waals surface area (Å²) in [5.74, 6) is 1.69. The number of amides is 1. The van der Waals surface area contributed by atoms with Gasteiger partial charge in [0.05, 0.1) is 35.6 Å². The molecular formula is C19H21ClN4O3S2. The highest BCUT2D eigenvalue weighted by molar-refractivity contribution is 7.99. The third-order valence-corrected chi connectivity index (χ3v) is 6.11. The number of hydrogen-bond acceptors (Lipinski definition) is 7. The number of hydrogen-bond donors (Lipinski definition) is 1. The first-order valence-corrected chi connectivity index (χ1v) is 11.0. The Hall–Kier alpha value is -2.23. The molecule has 7 nitrogen and oxygen atoms in total. The highest BCUT2D eigenvalue weighted by atomic mass is 35.5. The van der Waals surface area contributed by atoms with Crippen LogP contribution < -0.4 is 14.8 Å². The van der Waals surface area contributed by atoms with Gasteiger partial charge in [-0.1, -0.05) is 29.4 Å². The highest BCUT2D eigenvalue weighted by Crippen LogP contribution is 2.36. The number of carbonyl (C=O) groups excluding carboxylic acids is 1. The number of nitrogens with zero attached hydrogens (tertiary/aromatic N) is 3. The van der Waals surface area contributed by atoms with Gasteiger partial charge in [0.2, 0.25) is 5.91 Å². The van der Waals surface area contributed by atoms with Crippen molar-refractivity contribution in [2.75, 3.05) is 25.3 Å². The number of aromatic nitrogens is 3. The van der Waals surface area contributed by atoms with E-state index in [1.54, 1.807) is 23.5 Å². The number of nitrogens with one attached hydrogen (secondary N) is 1. The Morgan fingerprint density at radius 3 is 2.66 bits per heavy atom. The minimum Gasteiger partial charge on any atom is -0.495 e. The van der Waals surface area contributed by atoms with Crippen LogP contribution in [-0.2, 0) is 4.79 Å². The molecule has 0 atom stereocenters. The van der Waals surface area contributed by atoms with Crippen molar-refractivity contribution in [3.8, 4) is 22.2 Å². The van der Waals surface area contributed by atoms with Crippen LogP contribution in [0.5, 0.6) is 11.5 Å². The van der Waals surface area contributed by atoms with Gasteiger partial charge in [0.15, 0.2) is 11.0 Å². The Morgan fingerprint density at radius 2 is 2.03 bits per heavy atom. The van der Waals surface area contributed by atoms with E-state index < -0.39 is 0 Å². The van der Waals surface area contributed by atoms with Crippen LogP contribution in [0.2, 0.25) is 5.02 Å². The average Bonchev–Trinajstić information content (AvgIpc) is 3.36. The topological polar surface area (TPSA) is 78.3 Å². The van der Waals surface area contributed by atoms with Crippen LogP contribution in [0.15, 0.2) is 34.8 Å². The quantitative estimate of drug-likeness (QED) is 0.485. The largest absolute Gasteiger partial charge is 0.495 e. The second kappa shape index (κ2) is 9.51. The van der Waals surface area contributed by atoms with Gasteiger partial charge in [-0.25, -0.2) is 0 Å². The van der Waals surface area contributed by atoms with Crippen LogP contribution in [0.4, 0.5) is 5.69 Å². The zero-order valence-electron chi connectivity index (χ0n) is 16.4. The van der Waals surface area contributed by atoms with Gasteiger partial charge in [0, 0.05) is 18.2 Å². The predicted molar refractivity (Wildman–Crippen MR) is 118 cm³/mol. The van der Waals surface area contributed by atoms with E-state index in [1.165, 1.54) is 26.0 Å². The molecule has 0 aliphatic heterocycles. The summed E-state index contributed by atoms with van der Waals surface area (Å²) in [5, 5.41) is 14.5. The summed E-state index contributed by atoms with van der Waals surface area (Å²) in [7, 11) is 3.03. The number of anilines is 1. The van der Waals surface area contributed by atoms with E-state index in [1.807, 2.05) is 22.1 Å². The lowest BCUT2D eigenvalue weighted by molar-refractivity contribution is -0.113. The first kappa shape index (κ1) is 21.5. The standard InChI is InChI=1S/C19H21ClN4O3S2/c1-11(2)24-18(16-6-5-7-28-16)22-23-19(24)29-10-17(25)21-13-9-14(26-3)12(20)8-15(13)27-4/h5-9,11H,10H2,1-4H3,(H,21,25). The van der Waals surface area contributed by atoms with Crippen LogP contribution in [0.3, 0.4) is 0 Å². The Morgan fingerprint density at radius 1 is 1.28 bits per heavy atom. The number of halogens is 1. The van der Waals surface area contributed by atoms with Gasteiger partial charge in [-0.05, 0) is 25.3 Å². The molecule has 2 aromatic heterocycles. The van der Waals surface area contributed by atoms with Gasteiger partial charge < -0.3 is 14.8 Å². The van der Waals surface area contributed by atoms with Crippen LogP contribution in [0.1, 0.15) is 19.9 Å². The first-order chi connectivity index (χ1) is 13.9. The minimum absolute atomic E-state index is 0.160. The number of thioether (sulfide) groups is 1. The van der Waals surface area contributed by atoms with E-state index in [-0.39, 0.29) is 17.7 Å². The zero-order chi connectivity index (χ0) is 21.0. The van der Waals surface area contributed by atoms with E-state index in [2.05, 4.69) is 29.4 Å². The van der Waals surface area contributed by atoms with Gasteiger partial charge in [0.25, 0.3) is 0 Å². The summed E-state index contributed by atoms with van der Waals surface area (Å²) in [6.45, 7) is 4.13. The highest BCUT2D eigenvalue weighted by Gasteiger charge is 2.19. The molecule has 3 aromatic rings. The molecule has 0 saturated heterocycles. The van der Waals surface area contributed by atoms with Crippen molar-refractivity contribution in [3.05, 3.63) is 34.7 Å². The average molecular weight is 453 g/mol. The molecule has 0 spiro atoms. The van der Waals surface area contributed by atoms with E-state index in [0.29, 0.717) is 27.4 Å². The summed E-state index contributed by atoms with van der Waals surface area (Å²) in [6, 6.07) is 7.39. The summed E-state index contributed by atoms with van der Waals surface area (Å²) in [5.41, 5.74) is 0.490. The number of carbonyl (C=O) groups is 1. The molecule has 1 N–H and O–H groups in total. The van der Waals surface area contributed by atoms with Gasteiger partial charge in [-0.15, -0.1) is 21.5 Å². The maximum Gasteiger partial charge on any atom is 0.234 e. The normalized spacial score (nSPS) is 11.0. The van der Waals surface area contributed by atoms with Crippen molar-refractivity contribution in [1.29, 1.82) is 0 Å². The number of ether oxygens (including phenoxy) is 2. The van der Waals surface area contributed by atoms with Crippen LogP contribution in [-0.4, -0.2) is 40.6 Å². The van der Waals surface area contributed by atoms with Gasteiger partial charge in [0.1, 0.15) is 11.5 Å². The molecule has 154 valence electrons. The van der Waals surface area contributed by atoms with Crippen LogP contribution in [0, 0.1) is 0 Å². The number of thiophene rings is 1. The lowest BCUT2D eigenvalue weighted by Crippen LogP contribution is -2.15. The summed E-state index contributed by atoms with van der Waals surface area (Å²) in [4.78, 5) is 13.6. The lowest BCUT2D eigenvalue weighted by Gasteiger charge is -2.14. The number of rotatable bonds is 8. The van der Waals surface area contributed by atoms with Gasteiger partial charge >= 0.3 is 0 Å². The Bertz CT molecular complexity index is 990. The molecule has 1 aromatic carbocycles. The Balaban J connectivity index is 1.74. The molecule has 2 heterocycles. The summed E-state index contributed by atoms with van der Waals surface area (Å²) >= 11 is 9.05. The van der Waals surface area contributed by atoms with Crippen molar-refractivity contribution in [3.63, 3.8) is 0 Å². The van der Waals surface area contributed by atoms with Crippen LogP contribution in [0.25, 0.3) is 10.7 Å². The molecule has 0 bridgehead atoms. The van der Waals surface area contributed by atoms with Crippen LogP contribution >= 0.6 is 34.7 Å². The molecule has 0 saturated carbocycles. The van der Waals surface area contributed by atoms with Crippen molar-refractivity contribution in [2.45, 2.75) is 25.0 Å². The molecule has 0 fully saturated rings. The number of methoxy groups -OCH3 is 2. The molecular weight excluding hydrogens is 432 g/mol. The van der Waals surface area contributed by atoms with Crippen molar-refractivity contribution in [2.24, 2.45) is 0 Å². The van der Waals surface area contributed by atoms with E-state index >= 15 is 0 Å². The van der Waals surface area contributed by atoms with Gasteiger partial charge in [-0.3, -0.25) is 9.36 Å². The molecule has 10 heteroatoms. The van der Waals surface area contributed by atoms with Crippen molar-refractivity contribution >= 4 is 46.3 Å². The summed E-state index contributed by atoms with van der Waals surface area (Å²) < 4.78 is 12.5. The van der Waals surface area contributed by atoms with Crippen molar-refractivity contribution in [1.82, 2.24) is 14.8 Å².